The number of rotatable bonds is 4. The van der Waals surface area contributed by atoms with Crippen LogP contribution in [0.2, 0.25) is 0 Å². The fourth-order valence-electron chi connectivity index (χ4n) is 2.07. The number of carboxylic acids is 1. The van der Waals surface area contributed by atoms with Crippen molar-refractivity contribution in [1.82, 2.24) is 15.1 Å². The second kappa shape index (κ2) is 6.58. The van der Waals surface area contributed by atoms with Crippen LogP contribution >= 0.6 is 0 Å². The minimum Gasteiger partial charge on any atom is -0.481 e. The number of aliphatic carboxylic acids is 1. The molecule has 1 rings (SSSR count). The molecule has 0 radical (unpaired) electrons. The molecule has 1 aliphatic heterocycles. The lowest BCUT2D eigenvalue weighted by Gasteiger charge is -2.35. The predicted octanol–water partition coefficient (Wildman–Crippen LogP) is 0.443. The van der Waals surface area contributed by atoms with Crippen LogP contribution in [0.15, 0.2) is 0 Å². The van der Waals surface area contributed by atoms with Crippen molar-refractivity contribution >= 4 is 12.0 Å². The Balaban J connectivity index is 2.38. The maximum absolute atomic E-state index is 11.9. The number of hydrogen-bond acceptors (Lipinski definition) is 3. The van der Waals surface area contributed by atoms with E-state index in [2.05, 4.69) is 10.2 Å². The second-order valence-corrected chi connectivity index (χ2v) is 5.09. The first-order valence-corrected chi connectivity index (χ1v) is 6.33. The Morgan fingerprint density at radius 1 is 1.56 bits per heavy atom. The Hall–Kier alpha value is -1.30. The lowest BCUT2D eigenvalue weighted by atomic mass is 10.1. The van der Waals surface area contributed by atoms with Gasteiger partial charge in [-0.05, 0) is 26.4 Å². The smallest absolute Gasteiger partial charge is 0.317 e. The van der Waals surface area contributed by atoms with Gasteiger partial charge < -0.3 is 20.2 Å². The van der Waals surface area contributed by atoms with Crippen LogP contribution in [-0.4, -0.2) is 66.7 Å². The third-order valence-corrected chi connectivity index (χ3v) is 3.45. The van der Waals surface area contributed by atoms with Crippen molar-refractivity contribution in [3.63, 3.8) is 0 Å². The summed E-state index contributed by atoms with van der Waals surface area (Å²) in [6.07, 6.45) is 2.09. The lowest BCUT2D eigenvalue weighted by Crippen LogP contribution is -2.51. The lowest BCUT2D eigenvalue weighted by molar-refractivity contribution is -0.140. The summed E-state index contributed by atoms with van der Waals surface area (Å²) in [5.41, 5.74) is 0. The van der Waals surface area contributed by atoms with E-state index in [9.17, 15) is 9.59 Å². The van der Waals surface area contributed by atoms with Gasteiger partial charge in [-0.2, -0.15) is 0 Å². The highest BCUT2D eigenvalue weighted by atomic mass is 16.4. The van der Waals surface area contributed by atoms with E-state index in [1.807, 2.05) is 7.05 Å². The van der Waals surface area contributed by atoms with Crippen molar-refractivity contribution in [2.24, 2.45) is 5.92 Å². The molecule has 104 valence electrons. The van der Waals surface area contributed by atoms with E-state index in [1.165, 1.54) is 0 Å². The molecule has 1 saturated heterocycles. The molecular weight excluding hydrogens is 234 g/mol. The number of hydrogen-bond donors (Lipinski definition) is 2. The summed E-state index contributed by atoms with van der Waals surface area (Å²) >= 11 is 0. The molecular formula is C12H23N3O3. The highest BCUT2D eigenvalue weighted by Crippen LogP contribution is 2.13. The summed E-state index contributed by atoms with van der Waals surface area (Å²) < 4.78 is 0. The Morgan fingerprint density at radius 2 is 2.22 bits per heavy atom. The molecule has 0 aromatic rings. The average molecular weight is 257 g/mol. The standard InChI is InChI=1S/C12H23N3O3/c1-9(11(16)17)7-13-12(18)15(3)10-5-4-6-14(2)8-10/h9-10H,4-8H2,1-3H3,(H,13,18)(H,16,17). The van der Waals surface area contributed by atoms with Crippen molar-refractivity contribution < 1.29 is 14.7 Å². The molecule has 18 heavy (non-hydrogen) atoms. The minimum absolute atomic E-state index is 0.168. The molecule has 6 nitrogen and oxygen atoms in total. The largest absolute Gasteiger partial charge is 0.481 e. The molecule has 2 amide bonds. The molecule has 1 fully saturated rings. The van der Waals surface area contributed by atoms with Crippen LogP contribution in [0.4, 0.5) is 4.79 Å². The van der Waals surface area contributed by atoms with Crippen molar-refractivity contribution in [2.45, 2.75) is 25.8 Å². The fraction of sp³-hybridized carbons (Fsp3) is 0.833. The van der Waals surface area contributed by atoms with Gasteiger partial charge in [0.1, 0.15) is 0 Å². The molecule has 2 unspecified atom stereocenters. The van der Waals surface area contributed by atoms with E-state index < -0.39 is 11.9 Å². The number of likely N-dealkylation sites (tertiary alicyclic amines) is 1. The maximum Gasteiger partial charge on any atom is 0.317 e. The maximum atomic E-state index is 11.9. The zero-order valence-electron chi connectivity index (χ0n) is 11.3. The van der Waals surface area contributed by atoms with E-state index >= 15 is 0 Å². The van der Waals surface area contributed by atoms with Gasteiger partial charge in [0.15, 0.2) is 0 Å². The number of carbonyl (C=O) groups excluding carboxylic acids is 1. The number of amides is 2. The Bertz CT molecular complexity index is 309. The van der Waals surface area contributed by atoms with Gasteiger partial charge in [0, 0.05) is 26.2 Å². The molecule has 1 heterocycles. The van der Waals surface area contributed by atoms with Crippen molar-refractivity contribution in [3.8, 4) is 0 Å². The van der Waals surface area contributed by atoms with Crippen molar-refractivity contribution in [1.29, 1.82) is 0 Å². The van der Waals surface area contributed by atoms with Gasteiger partial charge >= 0.3 is 12.0 Å². The molecule has 0 bridgehead atoms. The normalized spacial score (nSPS) is 22.3. The Morgan fingerprint density at radius 3 is 2.78 bits per heavy atom. The second-order valence-electron chi connectivity index (χ2n) is 5.09. The van der Waals surface area contributed by atoms with Gasteiger partial charge in [0.2, 0.25) is 0 Å². The average Bonchev–Trinajstić information content (AvgIpc) is 2.34. The minimum atomic E-state index is -0.893. The quantitative estimate of drug-likeness (QED) is 0.766. The van der Waals surface area contributed by atoms with Gasteiger partial charge in [-0.25, -0.2) is 4.79 Å². The van der Waals surface area contributed by atoms with Gasteiger partial charge in [0.25, 0.3) is 0 Å². The number of likely N-dealkylation sites (N-methyl/N-ethyl adjacent to an activating group) is 2. The molecule has 0 spiro atoms. The first kappa shape index (κ1) is 14.8. The van der Waals surface area contributed by atoms with E-state index in [0.717, 1.165) is 25.9 Å². The van der Waals surface area contributed by atoms with E-state index in [-0.39, 0.29) is 18.6 Å². The summed E-state index contributed by atoms with van der Waals surface area (Å²) in [7, 11) is 3.81. The van der Waals surface area contributed by atoms with Crippen LogP contribution in [0, 0.1) is 5.92 Å². The van der Waals surface area contributed by atoms with Crippen LogP contribution in [0.3, 0.4) is 0 Å². The van der Waals surface area contributed by atoms with Crippen LogP contribution in [0.25, 0.3) is 0 Å². The highest BCUT2D eigenvalue weighted by molar-refractivity contribution is 5.76. The number of carboxylic acid groups (broad SMARTS) is 1. The van der Waals surface area contributed by atoms with Gasteiger partial charge in [-0.1, -0.05) is 6.92 Å². The molecule has 1 aliphatic rings. The van der Waals surface area contributed by atoms with Gasteiger partial charge in [-0.15, -0.1) is 0 Å². The van der Waals surface area contributed by atoms with Gasteiger partial charge in [-0.3, -0.25) is 4.79 Å². The third kappa shape index (κ3) is 4.18. The van der Waals surface area contributed by atoms with E-state index in [4.69, 9.17) is 5.11 Å². The van der Waals surface area contributed by atoms with Gasteiger partial charge in [0.05, 0.1) is 5.92 Å². The molecule has 6 heteroatoms. The number of urea groups is 1. The summed E-state index contributed by atoms with van der Waals surface area (Å²) in [5.74, 6) is -1.45. The fourth-order valence-corrected chi connectivity index (χ4v) is 2.07. The molecule has 0 saturated carbocycles. The summed E-state index contributed by atoms with van der Waals surface area (Å²) in [5, 5.41) is 11.4. The number of carbonyl (C=O) groups is 2. The summed E-state index contributed by atoms with van der Waals surface area (Å²) in [4.78, 5) is 26.4. The predicted molar refractivity (Wildman–Crippen MR) is 68.5 cm³/mol. The number of nitrogens with one attached hydrogen (secondary N) is 1. The van der Waals surface area contributed by atoms with Crippen molar-refractivity contribution in [2.75, 3.05) is 33.7 Å². The highest BCUT2D eigenvalue weighted by Gasteiger charge is 2.24. The molecule has 0 aliphatic carbocycles. The van der Waals surface area contributed by atoms with E-state index in [0.29, 0.717) is 0 Å². The molecule has 0 aromatic heterocycles. The van der Waals surface area contributed by atoms with Crippen LogP contribution in [0.1, 0.15) is 19.8 Å². The summed E-state index contributed by atoms with van der Waals surface area (Å²) in [6, 6.07) is 0.0206. The van der Waals surface area contributed by atoms with E-state index in [1.54, 1.807) is 18.9 Å². The molecule has 2 atom stereocenters. The zero-order valence-corrected chi connectivity index (χ0v) is 11.3. The van der Waals surface area contributed by atoms with Crippen LogP contribution < -0.4 is 5.32 Å². The molecule has 0 aromatic carbocycles. The Kier molecular flexibility index (Phi) is 5.40. The first-order valence-electron chi connectivity index (χ1n) is 6.33. The van der Waals surface area contributed by atoms with Crippen LogP contribution in [-0.2, 0) is 4.79 Å². The SMILES string of the molecule is CC(CNC(=O)N(C)C1CCCN(C)C1)C(=O)O. The first-order chi connectivity index (χ1) is 8.41. The third-order valence-electron chi connectivity index (χ3n) is 3.45. The van der Waals surface area contributed by atoms with Crippen molar-refractivity contribution in [3.05, 3.63) is 0 Å². The number of nitrogens with zero attached hydrogens (tertiary/aromatic N) is 2. The summed E-state index contributed by atoms with van der Waals surface area (Å²) in [6.45, 7) is 3.69. The monoisotopic (exact) mass is 257 g/mol. The zero-order chi connectivity index (χ0) is 13.7. The van der Waals surface area contributed by atoms with Crippen LogP contribution in [0.5, 0.6) is 0 Å². The number of piperidine rings is 1. The topological polar surface area (TPSA) is 72.9 Å². The molecule has 2 N–H and O–H groups in total. The Labute approximate surface area is 108 Å².